The Morgan fingerprint density at radius 3 is 2.58 bits per heavy atom. The van der Waals surface area contributed by atoms with E-state index in [4.69, 9.17) is 4.74 Å². The third kappa shape index (κ3) is 5.24. The molecule has 0 bridgehead atoms. The van der Waals surface area contributed by atoms with Crippen LogP contribution in [0.5, 0.6) is 0 Å². The maximum atomic E-state index is 12.7. The number of ether oxygens (including phenoxy) is 1. The van der Waals surface area contributed by atoms with Gasteiger partial charge in [0.1, 0.15) is 0 Å². The molecule has 1 atom stereocenters. The van der Waals surface area contributed by atoms with E-state index < -0.39 is 0 Å². The van der Waals surface area contributed by atoms with Crippen LogP contribution < -0.4 is 5.32 Å². The number of nitrogens with zero attached hydrogens (tertiary/aromatic N) is 1. The highest BCUT2D eigenvalue weighted by molar-refractivity contribution is 7.99. The Balaban J connectivity index is 1.51. The van der Waals surface area contributed by atoms with Crippen LogP contribution in [0.4, 0.5) is 0 Å². The number of thioether (sulfide) groups is 1. The van der Waals surface area contributed by atoms with Gasteiger partial charge in [0, 0.05) is 30.9 Å². The van der Waals surface area contributed by atoms with Crippen molar-refractivity contribution in [3.63, 3.8) is 0 Å². The van der Waals surface area contributed by atoms with E-state index in [0.29, 0.717) is 0 Å². The topological polar surface area (TPSA) is 41.6 Å². The molecule has 2 fully saturated rings. The summed E-state index contributed by atoms with van der Waals surface area (Å²) in [6.07, 6.45) is 6.25. The minimum Gasteiger partial charge on any atom is -0.379 e. The third-order valence-electron chi connectivity index (χ3n) is 5.77. The van der Waals surface area contributed by atoms with E-state index >= 15 is 0 Å². The lowest BCUT2D eigenvalue weighted by Gasteiger charge is -2.48. The normalized spacial score (nSPS) is 21.9. The number of carbonyl (C=O) groups excluding carboxylic acids is 1. The van der Waals surface area contributed by atoms with Gasteiger partial charge in [-0.25, -0.2) is 0 Å². The van der Waals surface area contributed by atoms with E-state index in [1.165, 1.54) is 37.7 Å². The van der Waals surface area contributed by atoms with Crippen molar-refractivity contribution in [2.45, 2.75) is 55.6 Å². The summed E-state index contributed by atoms with van der Waals surface area (Å²) in [6, 6.07) is 10.4. The average Bonchev–Trinajstić information content (AvgIpc) is 2.72. The summed E-state index contributed by atoms with van der Waals surface area (Å²) in [6.45, 7) is 6.42. The van der Waals surface area contributed by atoms with Crippen molar-refractivity contribution in [3.05, 3.63) is 35.9 Å². The lowest BCUT2D eigenvalue weighted by molar-refractivity contribution is -0.121. The fourth-order valence-corrected chi connectivity index (χ4v) is 4.99. The van der Waals surface area contributed by atoms with Crippen molar-refractivity contribution in [1.29, 1.82) is 0 Å². The molecular formula is C21H32N2O2S. The van der Waals surface area contributed by atoms with Crippen LogP contribution in [0.1, 0.15) is 44.6 Å². The third-order valence-corrected chi connectivity index (χ3v) is 6.98. The molecule has 1 aromatic rings. The fraction of sp³-hybridized carbons (Fsp3) is 0.667. The number of benzene rings is 1. The van der Waals surface area contributed by atoms with Gasteiger partial charge in [-0.05, 0) is 25.3 Å². The van der Waals surface area contributed by atoms with Crippen LogP contribution in [0, 0.1) is 0 Å². The number of amides is 1. The highest BCUT2D eigenvalue weighted by Crippen LogP contribution is 2.34. The molecule has 144 valence electrons. The van der Waals surface area contributed by atoms with Crippen molar-refractivity contribution in [1.82, 2.24) is 10.2 Å². The van der Waals surface area contributed by atoms with Crippen molar-refractivity contribution < 1.29 is 9.53 Å². The SMILES string of the molecule is CC(SCc1ccccc1)C(=O)NCC1(N2CCOCC2)CCCCC1. The van der Waals surface area contributed by atoms with Crippen LogP contribution in [0.2, 0.25) is 0 Å². The van der Waals surface area contributed by atoms with Crippen molar-refractivity contribution in [2.24, 2.45) is 0 Å². The molecule has 1 aliphatic carbocycles. The first kappa shape index (κ1) is 19.7. The van der Waals surface area contributed by atoms with Crippen LogP contribution in [0.15, 0.2) is 30.3 Å². The highest BCUT2D eigenvalue weighted by Gasteiger charge is 2.39. The Labute approximate surface area is 162 Å². The van der Waals surface area contributed by atoms with Crippen molar-refractivity contribution in [3.8, 4) is 0 Å². The summed E-state index contributed by atoms with van der Waals surface area (Å²) in [5.41, 5.74) is 1.41. The number of hydrogen-bond donors (Lipinski definition) is 1. The van der Waals surface area contributed by atoms with Gasteiger partial charge in [-0.2, -0.15) is 0 Å². The first-order valence-corrected chi connectivity index (χ1v) is 11.0. The van der Waals surface area contributed by atoms with Gasteiger partial charge in [-0.15, -0.1) is 11.8 Å². The lowest BCUT2D eigenvalue weighted by atomic mass is 9.79. The van der Waals surface area contributed by atoms with E-state index in [0.717, 1.165) is 38.6 Å². The summed E-state index contributed by atoms with van der Waals surface area (Å²) >= 11 is 1.71. The first-order chi connectivity index (χ1) is 12.7. The number of carbonyl (C=O) groups is 1. The highest BCUT2D eigenvalue weighted by atomic mass is 32.2. The molecule has 0 spiro atoms. The van der Waals surface area contributed by atoms with E-state index in [-0.39, 0.29) is 16.7 Å². The Morgan fingerprint density at radius 1 is 1.19 bits per heavy atom. The summed E-state index contributed by atoms with van der Waals surface area (Å²) in [7, 11) is 0. The predicted octanol–water partition coefficient (Wildman–Crippen LogP) is 3.46. The molecule has 5 heteroatoms. The smallest absolute Gasteiger partial charge is 0.232 e. The summed E-state index contributed by atoms with van der Waals surface area (Å²) in [4.78, 5) is 15.2. The van der Waals surface area contributed by atoms with E-state index in [1.54, 1.807) is 11.8 Å². The zero-order valence-electron chi connectivity index (χ0n) is 15.9. The van der Waals surface area contributed by atoms with Crippen LogP contribution in [-0.2, 0) is 15.3 Å². The Morgan fingerprint density at radius 2 is 1.88 bits per heavy atom. The zero-order valence-corrected chi connectivity index (χ0v) is 16.7. The molecule has 26 heavy (non-hydrogen) atoms. The minimum atomic E-state index is -0.0273. The summed E-state index contributed by atoms with van der Waals surface area (Å²) < 4.78 is 5.54. The fourth-order valence-electron chi connectivity index (χ4n) is 4.12. The van der Waals surface area contributed by atoms with E-state index in [1.807, 2.05) is 13.0 Å². The maximum absolute atomic E-state index is 12.7. The van der Waals surface area contributed by atoms with E-state index in [2.05, 4.69) is 34.5 Å². The van der Waals surface area contributed by atoms with Crippen LogP contribution in [0.25, 0.3) is 0 Å². The predicted molar refractivity (Wildman–Crippen MR) is 108 cm³/mol. The van der Waals surface area contributed by atoms with Gasteiger partial charge in [0.2, 0.25) is 5.91 Å². The number of rotatable bonds is 7. The Kier molecular flexibility index (Phi) is 7.41. The summed E-state index contributed by atoms with van der Waals surface area (Å²) in [5, 5.41) is 3.26. The molecule has 1 aliphatic heterocycles. The van der Waals surface area contributed by atoms with Gasteiger partial charge >= 0.3 is 0 Å². The second kappa shape index (κ2) is 9.77. The maximum Gasteiger partial charge on any atom is 0.232 e. The van der Waals surface area contributed by atoms with Gasteiger partial charge in [-0.3, -0.25) is 9.69 Å². The zero-order chi connectivity index (χ0) is 18.2. The van der Waals surface area contributed by atoms with Crippen LogP contribution >= 0.6 is 11.8 Å². The van der Waals surface area contributed by atoms with E-state index in [9.17, 15) is 4.79 Å². The van der Waals surface area contributed by atoms with Gasteiger partial charge < -0.3 is 10.1 Å². The Bertz CT molecular complexity index is 554. The molecule has 1 heterocycles. The van der Waals surface area contributed by atoms with Gasteiger partial charge in [0.05, 0.1) is 18.5 Å². The molecule has 1 saturated carbocycles. The summed E-state index contributed by atoms with van der Waals surface area (Å²) in [5.74, 6) is 1.05. The van der Waals surface area contributed by atoms with Crippen molar-refractivity contribution >= 4 is 17.7 Å². The monoisotopic (exact) mass is 376 g/mol. The number of morpholine rings is 1. The molecule has 2 aliphatic rings. The van der Waals surface area contributed by atoms with Gasteiger partial charge in [0.15, 0.2) is 0 Å². The molecule has 1 amide bonds. The molecule has 1 aromatic carbocycles. The second-order valence-electron chi connectivity index (χ2n) is 7.54. The Hall–Kier alpha value is -1.04. The molecule has 1 N–H and O–H groups in total. The van der Waals surface area contributed by atoms with Crippen LogP contribution in [0.3, 0.4) is 0 Å². The van der Waals surface area contributed by atoms with Crippen LogP contribution in [-0.4, -0.2) is 54.4 Å². The molecule has 3 rings (SSSR count). The van der Waals surface area contributed by atoms with Crippen molar-refractivity contribution in [2.75, 3.05) is 32.8 Å². The molecule has 1 saturated heterocycles. The number of hydrogen-bond acceptors (Lipinski definition) is 4. The molecule has 1 unspecified atom stereocenters. The quantitative estimate of drug-likeness (QED) is 0.791. The van der Waals surface area contributed by atoms with Gasteiger partial charge in [-0.1, -0.05) is 49.6 Å². The molecule has 0 aromatic heterocycles. The average molecular weight is 377 g/mol. The first-order valence-electron chi connectivity index (χ1n) is 9.96. The lowest BCUT2D eigenvalue weighted by Crippen LogP contribution is -2.60. The molecule has 4 nitrogen and oxygen atoms in total. The second-order valence-corrected chi connectivity index (χ2v) is 8.87. The molecular weight excluding hydrogens is 344 g/mol. The minimum absolute atomic E-state index is 0.0273. The molecule has 0 radical (unpaired) electrons. The largest absolute Gasteiger partial charge is 0.379 e. The standard InChI is InChI=1S/C21H32N2O2S/c1-18(26-16-19-8-4-2-5-9-19)20(24)22-17-21(10-6-3-7-11-21)23-12-14-25-15-13-23/h2,4-5,8-9,18H,3,6-7,10-17H2,1H3,(H,22,24). The van der Waals surface area contributed by atoms with Gasteiger partial charge in [0.25, 0.3) is 0 Å². The number of nitrogens with one attached hydrogen (secondary N) is 1.